The van der Waals surface area contributed by atoms with E-state index in [9.17, 15) is 13.2 Å². The van der Waals surface area contributed by atoms with E-state index in [0.717, 1.165) is 19.3 Å². The average molecular weight is 446 g/mol. The van der Waals surface area contributed by atoms with Gasteiger partial charge in [0.1, 0.15) is 5.60 Å². The summed E-state index contributed by atoms with van der Waals surface area (Å²) >= 11 is 0. The van der Waals surface area contributed by atoms with Gasteiger partial charge in [-0.15, -0.1) is 0 Å². The van der Waals surface area contributed by atoms with Crippen LogP contribution in [0, 0.1) is 0 Å². The van der Waals surface area contributed by atoms with E-state index in [1.54, 1.807) is 4.90 Å². The van der Waals surface area contributed by atoms with Crippen molar-refractivity contribution in [3.63, 3.8) is 0 Å². The Morgan fingerprint density at radius 1 is 1.30 bits per heavy atom. The first-order valence-electron chi connectivity index (χ1n) is 10.7. The van der Waals surface area contributed by atoms with Crippen molar-refractivity contribution in [2.45, 2.75) is 57.8 Å². The summed E-state index contributed by atoms with van der Waals surface area (Å²) in [5.41, 5.74) is -0.518. The number of nitrogens with one attached hydrogen (secondary N) is 2. The summed E-state index contributed by atoms with van der Waals surface area (Å²) in [6.45, 7) is 9.18. The van der Waals surface area contributed by atoms with Crippen molar-refractivity contribution in [3.8, 4) is 0 Å². The SMILES string of the molecule is CC(C)(C)OC(=O)N1CCN2C(NCCS(=O)(=O)NCC3CCCCO3)=NCC2C1. The highest BCUT2D eigenvalue weighted by molar-refractivity contribution is 7.89. The molecule has 172 valence electrons. The summed E-state index contributed by atoms with van der Waals surface area (Å²) in [4.78, 5) is 20.6. The molecule has 0 radical (unpaired) electrons. The maximum Gasteiger partial charge on any atom is 0.410 e. The molecule has 1 amide bonds. The minimum absolute atomic E-state index is 0.0253. The van der Waals surface area contributed by atoms with E-state index >= 15 is 0 Å². The zero-order valence-electron chi connectivity index (χ0n) is 18.2. The standard InChI is InChI=1S/C19H35N5O5S/c1-19(2,3)29-18(25)23-8-9-24-15(14-23)12-21-17(24)20-7-11-30(26,27)22-13-16-6-4-5-10-28-16/h15-16,22H,4-14H2,1-3H3,(H,20,21). The van der Waals surface area contributed by atoms with Crippen LogP contribution >= 0.6 is 0 Å². The summed E-state index contributed by atoms with van der Waals surface area (Å²) in [7, 11) is -3.37. The summed E-state index contributed by atoms with van der Waals surface area (Å²) in [6, 6.07) is 0.0898. The highest BCUT2D eigenvalue weighted by Gasteiger charge is 2.36. The molecule has 0 spiro atoms. The number of fused-ring (bicyclic) bond motifs is 1. The van der Waals surface area contributed by atoms with Crippen LogP contribution in [0.15, 0.2) is 4.99 Å². The lowest BCUT2D eigenvalue weighted by atomic mass is 10.1. The molecule has 2 saturated heterocycles. The summed E-state index contributed by atoms with van der Waals surface area (Å²) < 4.78 is 38.1. The van der Waals surface area contributed by atoms with Crippen molar-refractivity contribution in [1.82, 2.24) is 19.8 Å². The molecule has 3 heterocycles. The summed E-state index contributed by atoms with van der Waals surface area (Å²) in [5, 5.41) is 3.15. The smallest absolute Gasteiger partial charge is 0.410 e. The molecule has 2 fully saturated rings. The number of nitrogens with zero attached hydrogens (tertiary/aromatic N) is 3. The predicted molar refractivity (Wildman–Crippen MR) is 114 cm³/mol. The number of guanidine groups is 1. The van der Waals surface area contributed by atoms with E-state index in [1.807, 2.05) is 20.8 Å². The Morgan fingerprint density at radius 3 is 2.80 bits per heavy atom. The quantitative estimate of drug-likeness (QED) is 0.607. The van der Waals surface area contributed by atoms with E-state index in [2.05, 4.69) is 19.9 Å². The maximum absolute atomic E-state index is 12.3. The number of piperazine rings is 1. The highest BCUT2D eigenvalue weighted by atomic mass is 32.2. The molecule has 2 atom stereocenters. The van der Waals surface area contributed by atoms with Gasteiger partial charge in [-0.05, 0) is 40.0 Å². The Kier molecular flexibility index (Phi) is 7.46. The third-order valence-corrected chi connectivity index (χ3v) is 6.67. The second-order valence-corrected chi connectivity index (χ2v) is 10.9. The Labute approximate surface area is 179 Å². The number of sulfonamides is 1. The van der Waals surface area contributed by atoms with Gasteiger partial charge < -0.3 is 24.6 Å². The van der Waals surface area contributed by atoms with Crippen molar-refractivity contribution < 1.29 is 22.7 Å². The van der Waals surface area contributed by atoms with Crippen molar-refractivity contribution in [2.75, 3.05) is 51.6 Å². The fourth-order valence-electron chi connectivity index (χ4n) is 3.78. The molecule has 10 nitrogen and oxygen atoms in total. The van der Waals surface area contributed by atoms with Crippen molar-refractivity contribution in [3.05, 3.63) is 0 Å². The Hall–Kier alpha value is -1.59. The Morgan fingerprint density at radius 2 is 2.10 bits per heavy atom. The Bertz CT molecular complexity index is 730. The van der Waals surface area contributed by atoms with Gasteiger partial charge in [-0.1, -0.05) is 0 Å². The summed E-state index contributed by atoms with van der Waals surface area (Å²) in [6.07, 6.45) is 2.69. The second-order valence-electron chi connectivity index (χ2n) is 9.02. The molecule has 0 bridgehead atoms. The zero-order chi connectivity index (χ0) is 21.8. The monoisotopic (exact) mass is 445 g/mol. The van der Waals surface area contributed by atoms with Crippen LogP contribution in [-0.2, 0) is 19.5 Å². The summed E-state index contributed by atoms with van der Waals surface area (Å²) in [5.74, 6) is 0.677. The molecule has 0 aliphatic carbocycles. The fraction of sp³-hybridized carbons (Fsp3) is 0.895. The van der Waals surface area contributed by atoms with Gasteiger partial charge in [0.2, 0.25) is 10.0 Å². The number of carbonyl (C=O) groups is 1. The third-order valence-electron chi connectivity index (χ3n) is 5.32. The topological polar surface area (TPSA) is 113 Å². The molecule has 3 aliphatic heterocycles. The molecule has 0 saturated carbocycles. The van der Waals surface area contributed by atoms with Crippen LogP contribution in [-0.4, -0.2) is 99.6 Å². The van der Waals surface area contributed by atoms with Crippen LogP contribution < -0.4 is 10.0 Å². The molecule has 30 heavy (non-hydrogen) atoms. The number of hydrogen-bond acceptors (Lipinski definition) is 8. The number of hydrogen-bond donors (Lipinski definition) is 2. The first kappa shape index (κ1) is 23.1. The molecule has 3 rings (SSSR count). The largest absolute Gasteiger partial charge is 0.444 e. The molecule has 2 unspecified atom stereocenters. The van der Waals surface area contributed by atoms with E-state index in [4.69, 9.17) is 9.47 Å². The maximum atomic E-state index is 12.3. The third kappa shape index (κ3) is 6.71. The number of ether oxygens (including phenoxy) is 2. The molecule has 3 aliphatic rings. The lowest BCUT2D eigenvalue weighted by molar-refractivity contribution is 0.0137. The van der Waals surface area contributed by atoms with Gasteiger partial charge in [0.15, 0.2) is 5.96 Å². The van der Waals surface area contributed by atoms with E-state index in [1.165, 1.54) is 0 Å². The van der Waals surface area contributed by atoms with Crippen molar-refractivity contribution in [2.24, 2.45) is 4.99 Å². The first-order chi connectivity index (χ1) is 14.1. The fourth-order valence-corrected chi connectivity index (χ4v) is 4.74. The van der Waals surface area contributed by atoms with Gasteiger partial charge in [0.25, 0.3) is 0 Å². The molecule has 0 aromatic rings. The van der Waals surface area contributed by atoms with Gasteiger partial charge in [-0.25, -0.2) is 17.9 Å². The Balaban J connectivity index is 1.39. The van der Waals surface area contributed by atoms with Crippen LogP contribution in [0.3, 0.4) is 0 Å². The highest BCUT2D eigenvalue weighted by Crippen LogP contribution is 2.18. The van der Waals surface area contributed by atoms with E-state index < -0.39 is 15.6 Å². The average Bonchev–Trinajstić information content (AvgIpc) is 3.08. The van der Waals surface area contributed by atoms with Gasteiger partial charge in [-0.2, -0.15) is 0 Å². The van der Waals surface area contributed by atoms with Crippen molar-refractivity contribution in [1.29, 1.82) is 0 Å². The van der Waals surface area contributed by atoms with Crippen LogP contribution in [0.5, 0.6) is 0 Å². The predicted octanol–water partition coefficient (Wildman–Crippen LogP) is 0.355. The lowest BCUT2D eigenvalue weighted by Gasteiger charge is -2.39. The lowest BCUT2D eigenvalue weighted by Crippen LogP contribution is -2.57. The molecule has 11 heteroatoms. The number of aliphatic imine (C=N–C) groups is 1. The van der Waals surface area contributed by atoms with Gasteiger partial charge in [0, 0.05) is 39.3 Å². The molecular weight excluding hydrogens is 410 g/mol. The minimum Gasteiger partial charge on any atom is -0.444 e. The van der Waals surface area contributed by atoms with E-state index in [-0.39, 0.29) is 30.5 Å². The van der Waals surface area contributed by atoms with Crippen LogP contribution in [0.1, 0.15) is 40.0 Å². The van der Waals surface area contributed by atoms with Crippen molar-refractivity contribution >= 4 is 22.1 Å². The van der Waals surface area contributed by atoms with Gasteiger partial charge in [0.05, 0.1) is 24.4 Å². The number of carbonyl (C=O) groups excluding carboxylic acids is 1. The number of rotatable bonds is 6. The van der Waals surface area contributed by atoms with Crippen LogP contribution in [0.25, 0.3) is 0 Å². The molecular formula is C19H35N5O5S. The molecule has 0 aromatic heterocycles. The molecule has 2 N–H and O–H groups in total. The number of amides is 1. The van der Waals surface area contributed by atoms with Gasteiger partial charge >= 0.3 is 6.09 Å². The second kappa shape index (κ2) is 9.69. The first-order valence-corrected chi connectivity index (χ1v) is 12.4. The molecule has 0 aromatic carbocycles. The zero-order valence-corrected chi connectivity index (χ0v) is 19.0. The normalized spacial score (nSPS) is 25.0. The van der Waals surface area contributed by atoms with E-state index in [0.29, 0.717) is 45.3 Å². The van der Waals surface area contributed by atoms with Crippen LogP contribution in [0.2, 0.25) is 0 Å². The van der Waals surface area contributed by atoms with Gasteiger partial charge in [-0.3, -0.25) is 4.99 Å². The minimum atomic E-state index is -3.37. The van der Waals surface area contributed by atoms with Crippen LogP contribution in [0.4, 0.5) is 4.79 Å².